The summed E-state index contributed by atoms with van der Waals surface area (Å²) in [5.74, 6) is 3.65. The number of hydrogen-bond acceptors (Lipinski definition) is 2. The minimum absolute atomic E-state index is 0.147. The lowest BCUT2D eigenvalue weighted by Gasteiger charge is -2.23. The SMILES string of the molecule is CC(=S)NCCO.CC(C)CC(C)C.CCC1CC=CCC1C. The van der Waals surface area contributed by atoms with Crippen molar-refractivity contribution in [1.82, 2.24) is 5.32 Å². The van der Waals surface area contributed by atoms with E-state index in [4.69, 9.17) is 5.11 Å². The molecule has 0 spiro atoms. The molecule has 0 amide bonds. The molecule has 0 saturated carbocycles. The maximum atomic E-state index is 8.19. The average Bonchev–Trinajstić information content (AvgIpc) is 2.45. The smallest absolute Gasteiger partial charge is 0.0722 e. The van der Waals surface area contributed by atoms with Crippen molar-refractivity contribution in [1.29, 1.82) is 0 Å². The Kier molecular flexibility index (Phi) is 17.8. The normalized spacial score (nSPS) is 19.6. The molecule has 0 radical (unpaired) electrons. The van der Waals surface area contributed by atoms with Gasteiger partial charge in [0.25, 0.3) is 0 Å². The van der Waals surface area contributed by atoms with Gasteiger partial charge in [-0.3, -0.25) is 0 Å². The first-order chi connectivity index (χ1) is 10.7. The summed E-state index contributed by atoms with van der Waals surface area (Å²) < 4.78 is 0. The summed E-state index contributed by atoms with van der Waals surface area (Å²) in [5.41, 5.74) is 0. The molecule has 0 fully saturated rings. The quantitative estimate of drug-likeness (QED) is 0.503. The summed E-state index contributed by atoms with van der Waals surface area (Å²) in [6, 6.07) is 0. The van der Waals surface area contributed by atoms with Gasteiger partial charge in [-0.15, -0.1) is 0 Å². The Labute approximate surface area is 151 Å². The van der Waals surface area contributed by atoms with Crippen LogP contribution in [0.25, 0.3) is 0 Å². The molecule has 2 atom stereocenters. The lowest BCUT2D eigenvalue weighted by molar-refractivity contribution is 0.300. The third-order valence-electron chi connectivity index (χ3n) is 3.87. The Bertz CT molecular complexity index is 294. The molecule has 0 aliphatic heterocycles. The van der Waals surface area contributed by atoms with E-state index in [0.717, 1.165) is 28.7 Å². The first-order valence-corrected chi connectivity index (χ1v) is 9.65. The number of hydrogen-bond donors (Lipinski definition) is 2. The minimum atomic E-state index is 0.147. The Balaban J connectivity index is 0. The lowest BCUT2D eigenvalue weighted by atomic mass is 9.83. The van der Waals surface area contributed by atoms with Crippen molar-refractivity contribution >= 4 is 17.2 Å². The van der Waals surface area contributed by atoms with Gasteiger partial charge >= 0.3 is 0 Å². The molecule has 138 valence electrons. The van der Waals surface area contributed by atoms with Crippen LogP contribution < -0.4 is 5.32 Å². The van der Waals surface area contributed by atoms with Crippen LogP contribution >= 0.6 is 12.2 Å². The molecule has 1 aliphatic carbocycles. The summed E-state index contributed by atoms with van der Waals surface area (Å²) in [7, 11) is 0. The van der Waals surface area contributed by atoms with Gasteiger partial charge in [0.15, 0.2) is 0 Å². The molecule has 2 N–H and O–H groups in total. The number of aliphatic hydroxyl groups is 1. The number of allylic oxidation sites excluding steroid dienone is 2. The predicted molar refractivity (Wildman–Crippen MR) is 109 cm³/mol. The average molecular weight is 344 g/mol. The van der Waals surface area contributed by atoms with Crippen molar-refractivity contribution in [3.05, 3.63) is 12.2 Å². The minimum Gasteiger partial charge on any atom is -0.395 e. The van der Waals surface area contributed by atoms with Crippen LogP contribution in [0, 0.1) is 23.7 Å². The second kappa shape index (κ2) is 16.4. The van der Waals surface area contributed by atoms with Crippen molar-refractivity contribution < 1.29 is 5.11 Å². The fourth-order valence-corrected chi connectivity index (χ4v) is 2.85. The van der Waals surface area contributed by atoms with E-state index in [2.05, 4.69) is 71.2 Å². The first kappa shape index (κ1) is 24.8. The van der Waals surface area contributed by atoms with Gasteiger partial charge in [0.2, 0.25) is 0 Å². The van der Waals surface area contributed by atoms with Crippen LogP contribution in [0.3, 0.4) is 0 Å². The van der Waals surface area contributed by atoms with E-state index in [1.165, 1.54) is 25.7 Å². The molecule has 1 rings (SSSR count). The van der Waals surface area contributed by atoms with Gasteiger partial charge in [-0.2, -0.15) is 0 Å². The summed E-state index contributed by atoms with van der Waals surface area (Å²) in [6.45, 7) is 16.2. The Morgan fingerprint density at radius 3 is 1.91 bits per heavy atom. The Morgan fingerprint density at radius 1 is 1.17 bits per heavy atom. The zero-order valence-electron chi connectivity index (χ0n) is 16.6. The van der Waals surface area contributed by atoms with Crippen LogP contribution in [0.4, 0.5) is 0 Å². The van der Waals surface area contributed by atoms with Crippen LogP contribution in [0.2, 0.25) is 0 Å². The van der Waals surface area contributed by atoms with Crippen molar-refractivity contribution in [2.45, 2.75) is 74.1 Å². The monoisotopic (exact) mass is 343 g/mol. The first-order valence-electron chi connectivity index (χ1n) is 9.24. The van der Waals surface area contributed by atoms with E-state index in [1.54, 1.807) is 6.92 Å². The molecule has 2 nitrogen and oxygen atoms in total. The standard InChI is InChI=1S/C9H16.C7H16.C4H9NOS/c1-3-9-7-5-4-6-8(9)2;1-6(2)5-7(3)4;1-4(7)5-2-3-6/h4-5,8-9H,3,6-7H2,1-2H3;6-7H,5H2,1-4H3;6H,2-3H2,1H3,(H,5,7). The van der Waals surface area contributed by atoms with E-state index in [-0.39, 0.29) is 6.61 Å². The topological polar surface area (TPSA) is 32.3 Å². The van der Waals surface area contributed by atoms with Crippen LogP contribution in [-0.4, -0.2) is 23.2 Å². The van der Waals surface area contributed by atoms with Gasteiger partial charge in [0, 0.05) is 6.54 Å². The van der Waals surface area contributed by atoms with Crippen molar-refractivity contribution in [2.75, 3.05) is 13.2 Å². The van der Waals surface area contributed by atoms with Gasteiger partial charge in [-0.05, 0) is 49.9 Å². The number of aliphatic hydroxyl groups excluding tert-OH is 1. The van der Waals surface area contributed by atoms with Crippen LogP contribution in [0.5, 0.6) is 0 Å². The molecule has 0 aromatic carbocycles. The Hall–Kier alpha value is -0.410. The van der Waals surface area contributed by atoms with Crippen molar-refractivity contribution in [3.8, 4) is 0 Å². The summed E-state index contributed by atoms with van der Waals surface area (Å²) in [5, 5.41) is 11.0. The Morgan fingerprint density at radius 2 is 1.70 bits per heavy atom. The zero-order valence-corrected chi connectivity index (χ0v) is 17.4. The van der Waals surface area contributed by atoms with E-state index in [1.807, 2.05) is 0 Å². The van der Waals surface area contributed by atoms with Gasteiger partial charge in [-0.1, -0.05) is 72.3 Å². The predicted octanol–water partition coefficient (Wildman–Crippen LogP) is 5.60. The maximum absolute atomic E-state index is 8.19. The summed E-state index contributed by atoms with van der Waals surface area (Å²) in [6.07, 6.45) is 9.98. The van der Waals surface area contributed by atoms with Crippen LogP contribution in [0.15, 0.2) is 12.2 Å². The van der Waals surface area contributed by atoms with Gasteiger partial charge in [0.05, 0.1) is 11.6 Å². The molecule has 0 heterocycles. The molecular formula is C20H41NOS. The van der Waals surface area contributed by atoms with Crippen LogP contribution in [0.1, 0.15) is 74.1 Å². The third kappa shape index (κ3) is 19.5. The summed E-state index contributed by atoms with van der Waals surface area (Å²) >= 11 is 4.64. The number of nitrogens with one attached hydrogen (secondary N) is 1. The highest BCUT2D eigenvalue weighted by atomic mass is 32.1. The van der Waals surface area contributed by atoms with E-state index in [0.29, 0.717) is 6.54 Å². The van der Waals surface area contributed by atoms with Crippen LogP contribution in [-0.2, 0) is 0 Å². The highest BCUT2D eigenvalue weighted by molar-refractivity contribution is 7.80. The lowest BCUT2D eigenvalue weighted by Crippen LogP contribution is -2.21. The van der Waals surface area contributed by atoms with Gasteiger partial charge in [0.1, 0.15) is 0 Å². The summed E-state index contributed by atoms with van der Waals surface area (Å²) in [4.78, 5) is 0.731. The maximum Gasteiger partial charge on any atom is 0.0722 e. The third-order valence-corrected chi connectivity index (χ3v) is 4.02. The molecule has 0 aromatic rings. The molecule has 3 heteroatoms. The fourth-order valence-electron chi connectivity index (χ4n) is 2.75. The van der Waals surface area contributed by atoms with Crippen molar-refractivity contribution in [3.63, 3.8) is 0 Å². The van der Waals surface area contributed by atoms with E-state index in [9.17, 15) is 0 Å². The van der Waals surface area contributed by atoms with Gasteiger partial charge < -0.3 is 10.4 Å². The second-order valence-corrected chi connectivity index (χ2v) is 7.93. The molecule has 2 unspecified atom stereocenters. The van der Waals surface area contributed by atoms with Gasteiger partial charge in [-0.25, -0.2) is 0 Å². The molecule has 0 saturated heterocycles. The molecule has 0 aromatic heterocycles. The highest BCUT2D eigenvalue weighted by Crippen LogP contribution is 2.26. The second-order valence-electron chi connectivity index (χ2n) is 7.32. The van der Waals surface area contributed by atoms with E-state index >= 15 is 0 Å². The number of thiocarbonyl (C=S) groups is 1. The van der Waals surface area contributed by atoms with Crippen molar-refractivity contribution in [2.24, 2.45) is 23.7 Å². The highest BCUT2D eigenvalue weighted by Gasteiger charge is 2.15. The number of rotatable bonds is 5. The largest absolute Gasteiger partial charge is 0.395 e. The fraction of sp³-hybridized carbons (Fsp3) is 0.850. The molecular weight excluding hydrogens is 302 g/mol. The molecule has 23 heavy (non-hydrogen) atoms. The van der Waals surface area contributed by atoms with E-state index < -0.39 is 0 Å². The zero-order chi connectivity index (χ0) is 18.3. The molecule has 0 bridgehead atoms. The molecule has 1 aliphatic rings.